The molecule has 1 heterocycles. The van der Waals surface area contributed by atoms with E-state index in [4.69, 9.17) is 0 Å². The van der Waals surface area contributed by atoms with Crippen LogP contribution in [0.2, 0.25) is 0 Å². The predicted octanol–water partition coefficient (Wildman–Crippen LogP) is 3.86. The minimum Gasteiger partial charge on any atom is -0.315 e. The van der Waals surface area contributed by atoms with Crippen LogP contribution in [-0.4, -0.2) is 18.1 Å². The number of rotatable bonds is 6. The van der Waals surface area contributed by atoms with Crippen molar-refractivity contribution in [3.63, 3.8) is 0 Å². The molecule has 0 unspecified atom stereocenters. The molecule has 5 heteroatoms. The Morgan fingerprint density at radius 2 is 2.05 bits per heavy atom. The molecule has 0 aliphatic carbocycles. The number of thiazole rings is 1. The molecule has 1 N–H and O–H groups in total. The Hall–Kier alpha value is -1.46. The first-order chi connectivity index (χ1) is 9.67. The van der Waals surface area contributed by atoms with Crippen molar-refractivity contribution >= 4 is 22.2 Å². The van der Waals surface area contributed by atoms with Gasteiger partial charge in [-0.15, -0.1) is 0 Å². The van der Waals surface area contributed by atoms with Crippen LogP contribution in [0.5, 0.6) is 0 Å². The Morgan fingerprint density at radius 3 is 2.70 bits per heavy atom. The van der Waals surface area contributed by atoms with Crippen molar-refractivity contribution in [1.29, 1.82) is 0 Å². The van der Waals surface area contributed by atoms with E-state index in [1.807, 2.05) is 24.8 Å². The number of aryl methyl sites for hydroxylation is 1. The van der Waals surface area contributed by atoms with Crippen molar-refractivity contribution in [2.24, 2.45) is 0 Å². The Morgan fingerprint density at radius 1 is 1.30 bits per heavy atom. The van der Waals surface area contributed by atoms with Gasteiger partial charge in [0.05, 0.1) is 11.4 Å². The summed E-state index contributed by atoms with van der Waals surface area (Å²) in [6.07, 6.45) is 0. The molecule has 0 aliphatic heterocycles. The topological polar surface area (TPSA) is 28.2 Å². The number of benzene rings is 1. The SMILES string of the molecule is CCNCc1sc(N(CC)c2ccccc2F)nc1C. The molecule has 0 atom stereocenters. The van der Waals surface area contributed by atoms with Gasteiger partial charge in [-0.25, -0.2) is 9.37 Å². The highest BCUT2D eigenvalue weighted by molar-refractivity contribution is 7.15. The van der Waals surface area contributed by atoms with Crippen molar-refractivity contribution in [3.05, 3.63) is 40.7 Å². The molecule has 0 saturated heterocycles. The fourth-order valence-electron chi connectivity index (χ4n) is 2.01. The van der Waals surface area contributed by atoms with E-state index in [0.29, 0.717) is 12.2 Å². The van der Waals surface area contributed by atoms with Crippen molar-refractivity contribution < 1.29 is 4.39 Å². The molecule has 0 aliphatic rings. The monoisotopic (exact) mass is 293 g/mol. The number of nitrogens with zero attached hydrogens (tertiary/aromatic N) is 2. The smallest absolute Gasteiger partial charge is 0.190 e. The summed E-state index contributed by atoms with van der Waals surface area (Å²) in [6.45, 7) is 8.52. The first-order valence-corrected chi connectivity index (χ1v) is 7.68. The molecule has 108 valence electrons. The van der Waals surface area contributed by atoms with Gasteiger partial charge < -0.3 is 10.2 Å². The zero-order valence-electron chi connectivity index (χ0n) is 12.1. The molecule has 1 aromatic heterocycles. The third kappa shape index (κ3) is 3.16. The average Bonchev–Trinajstić information content (AvgIpc) is 2.80. The van der Waals surface area contributed by atoms with Gasteiger partial charge in [0.15, 0.2) is 5.13 Å². The summed E-state index contributed by atoms with van der Waals surface area (Å²) in [5, 5.41) is 4.15. The molecule has 20 heavy (non-hydrogen) atoms. The lowest BCUT2D eigenvalue weighted by Crippen LogP contribution is -2.17. The second kappa shape index (κ2) is 6.81. The number of halogens is 1. The molecular formula is C15H20FN3S. The summed E-state index contributed by atoms with van der Waals surface area (Å²) in [5.41, 5.74) is 1.60. The van der Waals surface area contributed by atoms with E-state index >= 15 is 0 Å². The maximum Gasteiger partial charge on any atom is 0.190 e. The Kier molecular flexibility index (Phi) is 5.09. The number of hydrogen-bond acceptors (Lipinski definition) is 4. The van der Waals surface area contributed by atoms with Crippen LogP contribution in [0.15, 0.2) is 24.3 Å². The highest BCUT2D eigenvalue weighted by Crippen LogP contribution is 2.32. The maximum atomic E-state index is 13.9. The van der Waals surface area contributed by atoms with Crippen LogP contribution in [0.1, 0.15) is 24.4 Å². The van der Waals surface area contributed by atoms with E-state index in [1.54, 1.807) is 23.5 Å². The molecule has 1 aromatic carbocycles. The summed E-state index contributed by atoms with van der Waals surface area (Å²) >= 11 is 1.62. The highest BCUT2D eigenvalue weighted by atomic mass is 32.1. The Labute approximate surface area is 123 Å². The van der Waals surface area contributed by atoms with Gasteiger partial charge in [-0.3, -0.25) is 0 Å². The standard InChI is InChI=1S/C15H20FN3S/c1-4-17-10-14-11(3)18-15(20-14)19(5-2)13-9-7-6-8-12(13)16/h6-9,17H,4-5,10H2,1-3H3. The molecule has 0 radical (unpaired) electrons. The van der Waals surface area contributed by atoms with Crippen LogP contribution in [0.25, 0.3) is 0 Å². The zero-order valence-corrected chi connectivity index (χ0v) is 12.9. The van der Waals surface area contributed by atoms with E-state index in [9.17, 15) is 4.39 Å². The van der Waals surface area contributed by atoms with Crippen molar-refractivity contribution in [2.75, 3.05) is 18.0 Å². The van der Waals surface area contributed by atoms with Crippen LogP contribution in [-0.2, 0) is 6.54 Å². The molecule has 0 fully saturated rings. The molecule has 3 nitrogen and oxygen atoms in total. The molecular weight excluding hydrogens is 273 g/mol. The molecule has 0 spiro atoms. The minimum atomic E-state index is -0.213. The average molecular weight is 293 g/mol. The first-order valence-electron chi connectivity index (χ1n) is 6.86. The molecule has 0 bridgehead atoms. The van der Waals surface area contributed by atoms with E-state index in [2.05, 4.69) is 17.2 Å². The molecule has 0 amide bonds. The summed E-state index contributed by atoms with van der Waals surface area (Å²) in [5.74, 6) is -0.213. The maximum absolute atomic E-state index is 13.9. The Balaban J connectivity index is 2.31. The number of para-hydroxylation sites is 1. The zero-order chi connectivity index (χ0) is 14.5. The summed E-state index contributed by atoms with van der Waals surface area (Å²) < 4.78 is 13.9. The molecule has 0 saturated carbocycles. The van der Waals surface area contributed by atoms with Gasteiger partial charge in [-0.05, 0) is 32.5 Å². The van der Waals surface area contributed by atoms with E-state index in [-0.39, 0.29) is 5.82 Å². The van der Waals surface area contributed by atoms with E-state index in [1.165, 1.54) is 10.9 Å². The van der Waals surface area contributed by atoms with Crippen LogP contribution >= 0.6 is 11.3 Å². The minimum absolute atomic E-state index is 0.213. The fraction of sp³-hybridized carbons (Fsp3) is 0.400. The van der Waals surface area contributed by atoms with Crippen LogP contribution in [0.4, 0.5) is 15.2 Å². The van der Waals surface area contributed by atoms with Gasteiger partial charge in [0, 0.05) is 18.0 Å². The summed E-state index contributed by atoms with van der Waals surface area (Å²) in [4.78, 5) is 7.71. The van der Waals surface area contributed by atoms with Crippen LogP contribution < -0.4 is 10.2 Å². The first kappa shape index (κ1) is 14.9. The molecule has 2 aromatic rings. The predicted molar refractivity (Wildman–Crippen MR) is 83.3 cm³/mol. The van der Waals surface area contributed by atoms with Gasteiger partial charge >= 0.3 is 0 Å². The normalized spacial score (nSPS) is 10.8. The Bertz CT molecular complexity index is 568. The van der Waals surface area contributed by atoms with Gasteiger partial charge in [0.25, 0.3) is 0 Å². The lowest BCUT2D eigenvalue weighted by atomic mass is 10.3. The van der Waals surface area contributed by atoms with Crippen molar-refractivity contribution in [2.45, 2.75) is 27.3 Å². The van der Waals surface area contributed by atoms with Crippen molar-refractivity contribution in [3.8, 4) is 0 Å². The number of anilines is 2. The van der Waals surface area contributed by atoms with Gasteiger partial charge in [0.1, 0.15) is 5.82 Å². The second-order valence-electron chi connectivity index (χ2n) is 4.48. The number of hydrogen-bond donors (Lipinski definition) is 1. The fourth-order valence-corrected chi connectivity index (χ4v) is 3.12. The van der Waals surface area contributed by atoms with E-state index in [0.717, 1.165) is 23.9 Å². The highest BCUT2D eigenvalue weighted by Gasteiger charge is 2.16. The van der Waals surface area contributed by atoms with Crippen molar-refractivity contribution in [1.82, 2.24) is 10.3 Å². The van der Waals surface area contributed by atoms with Crippen LogP contribution in [0, 0.1) is 12.7 Å². The quantitative estimate of drug-likeness (QED) is 0.876. The summed E-state index contributed by atoms with van der Waals surface area (Å²) in [7, 11) is 0. The van der Waals surface area contributed by atoms with Gasteiger partial charge in [-0.2, -0.15) is 0 Å². The summed E-state index contributed by atoms with van der Waals surface area (Å²) in [6, 6.07) is 6.83. The van der Waals surface area contributed by atoms with E-state index < -0.39 is 0 Å². The van der Waals surface area contributed by atoms with Gasteiger partial charge in [0.2, 0.25) is 0 Å². The number of nitrogens with one attached hydrogen (secondary N) is 1. The number of aromatic nitrogens is 1. The van der Waals surface area contributed by atoms with Crippen LogP contribution in [0.3, 0.4) is 0 Å². The lowest BCUT2D eigenvalue weighted by Gasteiger charge is -2.20. The molecule has 2 rings (SSSR count). The van der Waals surface area contributed by atoms with Gasteiger partial charge in [-0.1, -0.05) is 30.4 Å². The third-order valence-electron chi connectivity index (χ3n) is 3.11. The third-order valence-corrected chi connectivity index (χ3v) is 4.29. The largest absolute Gasteiger partial charge is 0.315 e. The lowest BCUT2D eigenvalue weighted by molar-refractivity contribution is 0.625. The second-order valence-corrected chi connectivity index (χ2v) is 5.54.